The molecule has 0 unspecified atom stereocenters. The van der Waals surface area contributed by atoms with Gasteiger partial charge in [0, 0.05) is 44.5 Å². The van der Waals surface area contributed by atoms with Crippen LogP contribution < -0.4 is 11.6 Å². The quantitative estimate of drug-likeness (QED) is 0.241. The van der Waals surface area contributed by atoms with E-state index in [1.54, 1.807) is 11.2 Å². The molecule has 0 aliphatic rings. The third kappa shape index (κ3) is 10.3. The molecule has 0 saturated heterocycles. The number of nitrogens with two attached hydrogens (primary N) is 2. The molecule has 0 spiro atoms. The molecular weight excluding hydrogens is 240 g/mol. The second-order valence-electron chi connectivity index (χ2n) is 4.60. The first kappa shape index (κ1) is 17.7. The number of hydrogen-bond donors (Lipinski definition) is 2. The van der Waals surface area contributed by atoms with E-state index in [9.17, 15) is 4.79 Å². The molecule has 0 fully saturated rings. The highest BCUT2D eigenvalue weighted by atomic mass is 16.1. The van der Waals surface area contributed by atoms with Crippen molar-refractivity contribution in [1.29, 1.82) is 0 Å². The average molecular weight is 268 g/mol. The molecule has 0 atom stereocenters. The van der Waals surface area contributed by atoms with Gasteiger partial charge in [-0.1, -0.05) is 19.4 Å². The number of hydrogen-bond acceptors (Lipinski definition) is 5. The van der Waals surface area contributed by atoms with Crippen molar-refractivity contribution in [2.75, 3.05) is 26.2 Å². The topological polar surface area (TPSA) is 75.6 Å². The third-order valence-electron chi connectivity index (χ3n) is 2.72. The average Bonchev–Trinajstić information content (AvgIpc) is 2.39. The number of carbonyl (C=O) groups excluding carboxylic acids is 1. The van der Waals surface area contributed by atoms with Gasteiger partial charge in [0.1, 0.15) is 6.29 Å². The Morgan fingerprint density at radius 2 is 1.95 bits per heavy atom. The third-order valence-corrected chi connectivity index (χ3v) is 2.72. The van der Waals surface area contributed by atoms with Crippen molar-refractivity contribution in [3.8, 4) is 0 Å². The highest BCUT2D eigenvalue weighted by Gasteiger charge is 2.05. The van der Waals surface area contributed by atoms with Crippen molar-refractivity contribution in [3.05, 3.63) is 24.6 Å². The van der Waals surface area contributed by atoms with E-state index < -0.39 is 0 Å². The Kier molecular flexibility index (Phi) is 10.9. The predicted octanol–water partition coefficient (Wildman–Crippen LogP) is 1.23. The van der Waals surface area contributed by atoms with E-state index in [0.29, 0.717) is 25.2 Å². The maximum absolute atomic E-state index is 10.4. The lowest BCUT2D eigenvalue weighted by Gasteiger charge is -2.22. The van der Waals surface area contributed by atoms with Crippen LogP contribution in [0.3, 0.4) is 0 Å². The Morgan fingerprint density at radius 1 is 1.26 bits per heavy atom. The first-order chi connectivity index (χ1) is 9.13. The van der Waals surface area contributed by atoms with Crippen LogP contribution in [0.15, 0.2) is 24.6 Å². The number of carbonyl (C=O) groups is 1. The van der Waals surface area contributed by atoms with Gasteiger partial charge in [-0.3, -0.25) is 4.90 Å². The second kappa shape index (κ2) is 11.7. The molecule has 5 nitrogen and oxygen atoms in total. The van der Waals surface area contributed by atoms with Gasteiger partial charge >= 0.3 is 0 Å². The molecule has 0 aromatic carbocycles. The lowest BCUT2D eigenvalue weighted by atomic mass is 10.3. The molecule has 0 aromatic heterocycles. The fourth-order valence-corrected chi connectivity index (χ4v) is 1.70. The highest BCUT2D eigenvalue weighted by molar-refractivity contribution is 5.49. The largest absolute Gasteiger partial charge is 0.400 e. The van der Waals surface area contributed by atoms with Crippen LogP contribution in [0.4, 0.5) is 0 Å². The van der Waals surface area contributed by atoms with E-state index in [0.717, 1.165) is 38.6 Å². The molecule has 0 rings (SSSR count). The molecule has 0 saturated carbocycles. The molecule has 0 bridgehead atoms. The second-order valence-corrected chi connectivity index (χ2v) is 4.60. The normalized spacial score (nSPS) is 11.6. The summed E-state index contributed by atoms with van der Waals surface area (Å²) in [5.74, 6) is 5.82. The number of nitrogens with zero attached hydrogens (tertiary/aromatic N) is 2. The van der Waals surface area contributed by atoms with E-state index in [4.69, 9.17) is 11.6 Å². The summed E-state index contributed by atoms with van der Waals surface area (Å²) in [4.78, 5) is 12.6. The van der Waals surface area contributed by atoms with Crippen molar-refractivity contribution in [1.82, 2.24) is 9.91 Å². The number of aldehydes is 1. The summed E-state index contributed by atoms with van der Waals surface area (Å²) >= 11 is 0. The van der Waals surface area contributed by atoms with Gasteiger partial charge in [0.25, 0.3) is 0 Å². The van der Waals surface area contributed by atoms with Crippen LogP contribution >= 0.6 is 0 Å². The van der Waals surface area contributed by atoms with E-state index >= 15 is 0 Å². The molecule has 0 amide bonds. The van der Waals surface area contributed by atoms with Gasteiger partial charge in [-0.15, -0.1) is 6.58 Å². The monoisotopic (exact) mass is 268 g/mol. The highest BCUT2D eigenvalue weighted by Crippen LogP contribution is 1.99. The zero-order valence-electron chi connectivity index (χ0n) is 12.1. The van der Waals surface area contributed by atoms with Gasteiger partial charge in [-0.2, -0.15) is 0 Å². The fourth-order valence-electron chi connectivity index (χ4n) is 1.70. The standard InChI is InChI=1S/C14H28N4O/c1-3-5-8-17(9-7-11-19)12-14(15)13-18(16)10-6-4-2/h3,11,13H,1,4-10,12,15-16H2,2H3/b14-13-. The molecule has 0 heterocycles. The van der Waals surface area contributed by atoms with E-state index in [2.05, 4.69) is 18.4 Å². The zero-order valence-corrected chi connectivity index (χ0v) is 12.1. The predicted molar refractivity (Wildman–Crippen MR) is 80.0 cm³/mol. The molecule has 0 aromatic rings. The minimum Gasteiger partial charge on any atom is -0.400 e. The van der Waals surface area contributed by atoms with Crippen LogP contribution in [0, 0.1) is 0 Å². The number of hydrazine groups is 1. The fraction of sp³-hybridized carbons (Fsp3) is 0.643. The minimum atomic E-state index is 0.520. The molecule has 0 radical (unpaired) electrons. The van der Waals surface area contributed by atoms with Gasteiger partial charge in [-0.25, -0.2) is 5.84 Å². The zero-order chi connectivity index (χ0) is 14.5. The summed E-state index contributed by atoms with van der Waals surface area (Å²) in [6, 6.07) is 0. The summed E-state index contributed by atoms with van der Waals surface area (Å²) in [6.45, 7) is 8.82. The van der Waals surface area contributed by atoms with Crippen LogP contribution in [-0.4, -0.2) is 42.4 Å². The summed E-state index contributed by atoms with van der Waals surface area (Å²) < 4.78 is 0. The van der Waals surface area contributed by atoms with Crippen LogP contribution in [0.5, 0.6) is 0 Å². The summed E-state index contributed by atoms with van der Waals surface area (Å²) in [5.41, 5.74) is 6.69. The maximum Gasteiger partial charge on any atom is 0.121 e. The van der Waals surface area contributed by atoms with Crippen LogP contribution in [0.1, 0.15) is 32.6 Å². The summed E-state index contributed by atoms with van der Waals surface area (Å²) in [6.07, 6.45) is 8.12. The van der Waals surface area contributed by atoms with Gasteiger partial charge in [0.15, 0.2) is 0 Å². The first-order valence-corrected chi connectivity index (χ1v) is 6.88. The smallest absolute Gasteiger partial charge is 0.121 e. The number of unbranched alkanes of at least 4 members (excludes halogenated alkanes) is 1. The molecule has 110 valence electrons. The first-order valence-electron chi connectivity index (χ1n) is 6.88. The van der Waals surface area contributed by atoms with Crippen molar-refractivity contribution < 1.29 is 4.79 Å². The molecule has 0 aliphatic carbocycles. The summed E-state index contributed by atoms with van der Waals surface area (Å²) in [7, 11) is 0. The number of rotatable bonds is 12. The van der Waals surface area contributed by atoms with Gasteiger partial charge in [0.2, 0.25) is 0 Å². The van der Waals surface area contributed by atoms with Gasteiger partial charge < -0.3 is 15.5 Å². The van der Waals surface area contributed by atoms with Crippen LogP contribution in [0.2, 0.25) is 0 Å². The Hall–Kier alpha value is -1.33. The Morgan fingerprint density at radius 3 is 2.53 bits per heavy atom. The Bertz CT molecular complexity index is 267. The van der Waals surface area contributed by atoms with Gasteiger partial charge in [-0.05, 0) is 12.8 Å². The Labute approximate surface area is 116 Å². The molecule has 0 aliphatic heterocycles. The Balaban J connectivity index is 4.24. The van der Waals surface area contributed by atoms with Crippen LogP contribution in [-0.2, 0) is 4.79 Å². The van der Waals surface area contributed by atoms with Crippen molar-refractivity contribution in [2.24, 2.45) is 11.6 Å². The van der Waals surface area contributed by atoms with E-state index in [1.807, 2.05) is 6.08 Å². The summed E-state index contributed by atoms with van der Waals surface area (Å²) in [5, 5.41) is 1.63. The van der Waals surface area contributed by atoms with Crippen LogP contribution in [0.25, 0.3) is 0 Å². The molecule has 19 heavy (non-hydrogen) atoms. The molecular formula is C14H28N4O. The molecule has 5 heteroatoms. The van der Waals surface area contributed by atoms with Crippen molar-refractivity contribution in [3.63, 3.8) is 0 Å². The van der Waals surface area contributed by atoms with E-state index in [1.165, 1.54) is 0 Å². The van der Waals surface area contributed by atoms with Gasteiger partial charge in [0.05, 0.1) is 0 Å². The lowest BCUT2D eigenvalue weighted by molar-refractivity contribution is -0.108. The minimum absolute atomic E-state index is 0.520. The maximum atomic E-state index is 10.4. The molecule has 4 N–H and O–H groups in total. The van der Waals surface area contributed by atoms with E-state index in [-0.39, 0.29) is 0 Å². The lowest BCUT2D eigenvalue weighted by Crippen LogP contribution is -2.33. The SMILES string of the molecule is C=CCCN(CCC=O)C/C(N)=C/N(N)CCCC. The van der Waals surface area contributed by atoms with Crippen molar-refractivity contribution in [2.45, 2.75) is 32.6 Å². The van der Waals surface area contributed by atoms with Crippen molar-refractivity contribution >= 4 is 6.29 Å².